The van der Waals surface area contributed by atoms with Crippen molar-refractivity contribution >= 4 is 42.0 Å². The van der Waals surface area contributed by atoms with Gasteiger partial charge in [0.1, 0.15) is 5.69 Å². The van der Waals surface area contributed by atoms with Crippen LogP contribution in [0.2, 0.25) is 0 Å². The summed E-state index contributed by atoms with van der Waals surface area (Å²) in [7, 11) is 1.37. The maximum atomic E-state index is 11.7. The van der Waals surface area contributed by atoms with Crippen LogP contribution in [0.15, 0.2) is 22.2 Å². The number of ether oxygens (including phenoxy) is 1. The van der Waals surface area contributed by atoms with E-state index in [2.05, 4.69) is 46.0 Å². The van der Waals surface area contributed by atoms with E-state index in [0.29, 0.717) is 18.8 Å². The van der Waals surface area contributed by atoms with Gasteiger partial charge in [-0.1, -0.05) is 0 Å². The molecule has 0 fully saturated rings. The van der Waals surface area contributed by atoms with Crippen LogP contribution in [0.4, 0.5) is 0 Å². The highest BCUT2D eigenvalue weighted by atomic mass is 127. The third-order valence-corrected chi connectivity index (χ3v) is 3.15. The summed E-state index contributed by atoms with van der Waals surface area (Å²) in [6.45, 7) is 8.13. The molecule has 0 aliphatic heterocycles. The van der Waals surface area contributed by atoms with Gasteiger partial charge in [0.15, 0.2) is 0 Å². The Morgan fingerprint density at radius 1 is 1.56 bits per heavy atom. The summed E-state index contributed by atoms with van der Waals surface area (Å²) in [6.07, 6.45) is 2.67. The van der Waals surface area contributed by atoms with E-state index < -0.39 is 0 Å². The summed E-state index contributed by atoms with van der Waals surface area (Å²) in [4.78, 5) is 19.5. The number of hydrogen-bond acceptors (Lipinski definition) is 4. The Hall–Kier alpha value is -1.18. The van der Waals surface area contributed by atoms with Crippen LogP contribution >= 0.6 is 22.6 Å². The summed E-state index contributed by atoms with van der Waals surface area (Å²) < 4.78 is 7.64. The maximum absolute atomic E-state index is 11.7. The molecule has 1 heterocycles. The molecule has 1 atom stereocenters. The molecule has 0 saturated heterocycles. The van der Waals surface area contributed by atoms with Crippen LogP contribution in [0.25, 0.3) is 0 Å². The van der Waals surface area contributed by atoms with Crippen LogP contribution in [0.5, 0.6) is 0 Å². The molecule has 18 heavy (non-hydrogen) atoms. The quantitative estimate of drug-likeness (QED) is 0.425. The van der Waals surface area contributed by atoms with Gasteiger partial charge in [-0.05, 0) is 48.5 Å². The fraction of sp³-hybridized carbons (Fsp3) is 0.417. The second-order valence-corrected chi connectivity index (χ2v) is 4.98. The van der Waals surface area contributed by atoms with E-state index in [1.54, 1.807) is 6.07 Å². The van der Waals surface area contributed by atoms with Crippen molar-refractivity contribution in [2.75, 3.05) is 20.2 Å². The van der Waals surface area contributed by atoms with E-state index in [0.717, 1.165) is 9.99 Å². The molecule has 0 aliphatic rings. The van der Waals surface area contributed by atoms with Crippen molar-refractivity contribution < 1.29 is 9.53 Å². The zero-order valence-corrected chi connectivity index (χ0v) is 12.5. The maximum Gasteiger partial charge on any atom is 0.354 e. The normalized spacial score (nSPS) is 11.9. The van der Waals surface area contributed by atoms with Crippen molar-refractivity contribution in [1.82, 2.24) is 4.57 Å². The molecular formula is C12H16IN3O2. The van der Waals surface area contributed by atoms with E-state index in [4.69, 9.17) is 4.74 Å². The Kier molecular flexibility index (Phi) is 6.03. The zero-order chi connectivity index (χ0) is 13.5. The number of aromatic nitrogens is 1. The number of carbonyl (C=O) groups is 1. The van der Waals surface area contributed by atoms with E-state index >= 15 is 0 Å². The van der Waals surface area contributed by atoms with Crippen molar-refractivity contribution in [3.8, 4) is 0 Å². The smallest absolute Gasteiger partial charge is 0.354 e. The van der Waals surface area contributed by atoms with Crippen molar-refractivity contribution in [2.45, 2.75) is 12.5 Å². The Labute approximate surface area is 120 Å². The highest BCUT2D eigenvalue weighted by Gasteiger charge is 2.19. The number of esters is 1. The van der Waals surface area contributed by atoms with Crippen molar-refractivity contribution in [3.05, 3.63) is 21.5 Å². The molecule has 0 N–H and O–H groups in total. The number of nitrogens with zero attached hydrogens (tertiary/aromatic N) is 3. The van der Waals surface area contributed by atoms with Crippen molar-refractivity contribution in [3.63, 3.8) is 0 Å². The number of methoxy groups -OCH3 is 1. The molecule has 0 spiro atoms. The van der Waals surface area contributed by atoms with E-state index in [-0.39, 0.29) is 12.0 Å². The molecule has 0 saturated carbocycles. The molecule has 5 nitrogen and oxygen atoms in total. The first-order chi connectivity index (χ1) is 8.63. The van der Waals surface area contributed by atoms with Gasteiger partial charge in [0.2, 0.25) is 0 Å². The lowest BCUT2D eigenvalue weighted by atomic mass is 10.2. The van der Waals surface area contributed by atoms with Crippen LogP contribution < -0.4 is 0 Å². The average Bonchev–Trinajstić information content (AvgIpc) is 2.75. The largest absolute Gasteiger partial charge is 0.464 e. The highest BCUT2D eigenvalue weighted by molar-refractivity contribution is 14.1. The predicted molar refractivity (Wildman–Crippen MR) is 81.0 cm³/mol. The molecule has 0 amide bonds. The fourth-order valence-corrected chi connectivity index (χ4v) is 2.32. The molecule has 6 heteroatoms. The first-order valence-electron chi connectivity index (χ1n) is 5.44. The van der Waals surface area contributed by atoms with Gasteiger partial charge in [0.25, 0.3) is 0 Å². The number of carbonyl (C=O) groups excluding carboxylic acids is 1. The van der Waals surface area contributed by atoms with Gasteiger partial charge >= 0.3 is 5.97 Å². The first kappa shape index (κ1) is 14.9. The summed E-state index contributed by atoms with van der Waals surface area (Å²) >= 11 is 2.16. The summed E-state index contributed by atoms with van der Waals surface area (Å²) in [5, 5.41) is 0. The Bertz CT molecular complexity index is 443. The predicted octanol–water partition coefficient (Wildman–Crippen LogP) is 2.21. The summed E-state index contributed by atoms with van der Waals surface area (Å²) in [5.74, 6) is -0.349. The molecule has 0 bridgehead atoms. The van der Waals surface area contributed by atoms with Gasteiger partial charge in [-0.15, -0.1) is 0 Å². The summed E-state index contributed by atoms with van der Waals surface area (Å²) in [6, 6.07) is 1.84. The van der Waals surface area contributed by atoms with Crippen LogP contribution in [0.1, 0.15) is 23.0 Å². The van der Waals surface area contributed by atoms with Crippen LogP contribution in [-0.4, -0.2) is 44.2 Å². The van der Waals surface area contributed by atoms with E-state index in [1.807, 2.05) is 10.8 Å². The van der Waals surface area contributed by atoms with Crippen molar-refractivity contribution in [1.29, 1.82) is 0 Å². The second-order valence-electron chi connectivity index (χ2n) is 3.74. The van der Waals surface area contributed by atoms with Gasteiger partial charge in [-0.25, -0.2) is 4.79 Å². The van der Waals surface area contributed by atoms with Gasteiger partial charge in [0, 0.05) is 16.3 Å². The van der Waals surface area contributed by atoms with Gasteiger partial charge in [0.05, 0.1) is 19.7 Å². The summed E-state index contributed by atoms with van der Waals surface area (Å²) in [5.41, 5.74) is 0.527. The van der Waals surface area contributed by atoms with E-state index in [1.165, 1.54) is 7.11 Å². The Balaban J connectivity index is 3.05. The molecule has 0 radical (unpaired) electrons. The highest BCUT2D eigenvalue weighted by Crippen LogP contribution is 2.21. The lowest BCUT2D eigenvalue weighted by molar-refractivity contribution is 0.0586. The van der Waals surface area contributed by atoms with Gasteiger partial charge < -0.3 is 14.3 Å². The minimum atomic E-state index is -0.349. The molecule has 0 aliphatic carbocycles. The fourth-order valence-electron chi connectivity index (χ4n) is 1.72. The number of halogens is 1. The minimum absolute atomic E-state index is 0.0469. The zero-order valence-electron chi connectivity index (χ0n) is 10.3. The van der Waals surface area contributed by atoms with Crippen LogP contribution in [-0.2, 0) is 4.74 Å². The minimum Gasteiger partial charge on any atom is -0.464 e. The van der Waals surface area contributed by atoms with Crippen LogP contribution in [0, 0.1) is 3.57 Å². The monoisotopic (exact) mass is 361 g/mol. The third-order valence-electron chi connectivity index (χ3n) is 2.56. The molecule has 1 aromatic rings. The molecule has 98 valence electrons. The number of hydrogen-bond donors (Lipinski definition) is 0. The average molecular weight is 361 g/mol. The second kappa shape index (κ2) is 7.30. The number of aliphatic imine (C=N–C) groups is 2. The third kappa shape index (κ3) is 3.66. The van der Waals surface area contributed by atoms with E-state index in [9.17, 15) is 4.79 Å². The molecule has 1 aromatic heterocycles. The van der Waals surface area contributed by atoms with Crippen molar-refractivity contribution in [2.24, 2.45) is 9.98 Å². The lowest BCUT2D eigenvalue weighted by Crippen LogP contribution is -2.18. The van der Waals surface area contributed by atoms with Crippen LogP contribution in [0.3, 0.4) is 0 Å². The van der Waals surface area contributed by atoms with Gasteiger partial charge in [-0.2, -0.15) is 0 Å². The lowest BCUT2D eigenvalue weighted by Gasteiger charge is -2.18. The number of rotatable bonds is 7. The molecule has 0 aromatic carbocycles. The SMILES string of the molecule is C=NCC[C@@H](CN=C)n1cc(I)cc1C(=O)OC. The molecular weight excluding hydrogens is 345 g/mol. The Morgan fingerprint density at radius 2 is 2.28 bits per heavy atom. The standard InChI is InChI=1S/C12H16IN3O2/c1-14-5-4-10(7-15-2)16-8-9(13)6-11(16)12(17)18-3/h6,8,10H,1-2,4-5,7H2,3H3/t10-/m0/s1. The first-order valence-corrected chi connectivity index (χ1v) is 6.52. The Morgan fingerprint density at radius 3 is 2.83 bits per heavy atom. The topological polar surface area (TPSA) is 56.0 Å². The van der Waals surface area contributed by atoms with Gasteiger partial charge in [-0.3, -0.25) is 4.99 Å². The molecule has 1 rings (SSSR count). The molecule has 0 unspecified atom stereocenters.